The molecule has 3 rings (SSSR count). The van der Waals surface area contributed by atoms with Crippen molar-refractivity contribution in [1.82, 2.24) is 5.32 Å². The van der Waals surface area contributed by atoms with Gasteiger partial charge in [-0.3, -0.25) is 14.9 Å². The van der Waals surface area contributed by atoms with Gasteiger partial charge in [-0.1, -0.05) is 42.5 Å². The van der Waals surface area contributed by atoms with Crippen molar-refractivity contribution >= 4 is 34.2 Å². The van der Waals surface area contributed by atoms with E-state index in [1.54, 1.807) is 0 Å². The van der Waals surface area contributed by atoms with Gasteiger partial charge in [-0.15, -0.1) is 11.6 Å². The van der Waals surface area contributed by atoms with E-state index in [0.29, 0.717) is 0 Å². The van der Waals surface area contributed by atoms with Crippen molar-refractivity contribution in [3.05, 3.63) is 48.0 Å². The largest absolute Gasteiger partial charge is 0.295 e. The second-order valence-electron chi connectivity index (χ2n) is 4.34. The van der Waals surface area contributed by atoms with Gasteiger partial charge in [0, 0.05) is 0 Å². The fourth-order valence-corrected chi connectivity index (χ4v) is 2.59. The van der Waals surface area contributed by atoms with Crippen LogP contribution in [0.2, 0.25) is 0 Å². The van der Waals surface area contributed by atoms with E-state index >= 15 is 0 Å². The third kappa shape index (κ3) is 1.68. The molecule has 2 atom stereocenters. The molecule has 0 aromatic heterocycles. The second kappa shape index (κ2) is 4.10. The summed E-state index contributed by atoms with van der Waals surface area (Å²) in [5, 5.41) is 3.56. The quantitative estimate of drug-likeness (QED) is 0.630. The highest BCUT2D eigenvalue weighted by Crippen LogP contribution is 2.30. The number of imide groups is 1. The summed E-state index contributed by atoms with van der Waals surface area (Å²) in [5.41, 5.74) is 0.775. The topological polar surface area (TPSA) is 46.2 Å². The maximum Gasteiger partial charge on any atom is 0.245 e. The van der Waals surface area contributed by atoms with Crippen LogP contribution < -0.4 is 5.32 Å². The minimum Gasteiger partial charge on any atom is -0.295 e. The Bertz CT molecular complexity index is 653. The molecule has 1 N–H and O–H groups in total. The maximum atomic E-state index is 11.7. The van der Waals surface area contributed by atoms with Crippen LogP contribution in [0.5, 0.6) is 0 Å². The monoisotopic (exact) mass is 259 g/mol. The van der Waals surface area contributed by atoms with E-state index in [-0.39, 0.29) is 5.91 Å². The van der Waals surface area contributed by atoms with Crippen LogP contribution in [0.1, 0.15) is 11.5 Å². The predicted octanol–water partition coefficient (Wildman–Crippen LogP) is 2.19. The molecule has 2 unspecified atom stereocenters. The van der Waals surface area contributed by atoms with E-state index in [9.17, 15) is 9.59 Å². The van der Waals surface area contributed by atoms with Crippen LogP contribution in [0, 0.1) is 0 Å². The van der Waals surface area contributed by atoms with E-state index in [1.807, 2.05) is 42.5 Å². The Labute approximate surface area is 109 Å². The molecule has 1 fully saturated rings. The second-order valence-corrected chi connectivity index (χ2v) is 4.81. The van der Waals surface area contributed by atoms with E-state index in [2.05, 4.69) is 5.32 Å². The molecule has 1 heterocycles. The molecule has 0 saturated carbocycles. The lowest BCUT2D eigenvalue weighted by molar-refractivity contribution is -0.125. The zero-order valence-corrected chi connectivity index (χ0v) is 10.1. The lowest BCUT2D eigenvalue weighted by Gasteiger charge is -2.10. The fourth-order valence-electron chi connectivity index (χ4n) is 2.27. The van der Waals surface area contributed by atoms with Gasteiger partial charge in [-0.25, -0.2) is 0 Å². The van der Waals surface area contributed by atoms with Crippen molar-refractivity contribution < 1.29 is 9.59 Å². The van der Waals surface area contributed by atoms with Crippen molar-refractivity contribution in [2.24, 2.45) is 0 Å². The molecular formula is C14H10ClNO2. The summed E-state index contributed by atoms with van der Waals surface area (Å²) in [6, 6.07) is 13.6. The van der Waals surface area contributed by atoms with E-state index in [0.717, 1.165) is 16.3 Å². The third-order valence-corrected chi connectivity index (χ3v) is 3.65. The predicted molar refractivity (Wildman–Crippen MR) is 69.5 cm³/mol. The maximum absolute atomic E-state index is 11.7. The summed E-state index contributed by atoms with van der Waals surface area (Å²) < 4.78 is 0. The van der Waals surface area contributed by atoms with Gasteiger partial charge in [-0.05, 0) is 16.3 Å². The van der Waals surface area contributed by atoms with Crippen molar-refractivity contribution in [3.8, 4) is 0 Å². The molecule has 3 nitrogen and oxygen atoms in total. The lowest BCUT2D eigenvalue weighted by atomic mass is 9.95. The standard InChI is InChI=1S/C14H10ClNO2/c15-12-11(13(17)16-14(12)18)10-6-5-8-3-1-2-4-9(8)7-10/h1-7,11-12H,(H,16,17,18). The summed E-state index contributed by atoms with van der Waals surface area (Å²) in [4.78, 5) is 23.1. The zero-order chi connectivity index (χ0) is 12.7. The fraction of sp³-hybridized carbons (Fsp3) is 0.143. The molecule has 2 amide bonds. The number of fused-ring (bicyclic) bond motifs is 1. The van der Waals surface area contributed by atoms with Gasteiger partial charge in [-0.2, -0.15) is 0 Å². The molecule has 1 aliphatic rings. The average Bonchev–Trinajstić information content (AvgIpc) is 2.63. The molecule has 2 aromatic carbocycles. The van der Waals surface area contributed by atoms with Gasteiger partial charge in [0.15, 0.2) is 0 Å². The number of rotatable bonds is 1. The van der Waals surface area contributed by atoms with Crippen molar-refractivity contribution in [3.63, 3.8) is 0 Å². The molecule has 18 heavy (non-hydrogen) atoms. The van der Waals surface area contributed by atoms with E-state index in [4.69, 9.17) is 11.6 Å². The van der Waals surface area contributed by atoms with Crippen molar-refractivity contribution in [2.75, 3.05) is 0 Å². The van der Waals surface area contributed by atoms with Crippen LogP contribution in [0.15, 0.2) is 42.5 Å². The Morgan fingerprint density at radius 1 is 0.944 bits per heavy atom. The van der Waals surface area contributed by atoms with Gasteiger partial charge >= 0.3 is 0 Å². The summed E-state index contributed by atoms with van der Waals surface area (Å²) >= 11 is 5.98. The number of amides is 2. The summed E-state index contributed by atoms with van der Waals surface area (Å²) in [6.45, 7) is 0. The Morgan fingerprint density at radius 3 is 2.33 bits per heavy atom. The summed E-state index contributed by atoms with van der Waals surface area (Å²) in [7, 11) is 0. The Hall–Kier alpha value is -1.87. The van der Waals surface area contributed by atoms with Crippen LogP contribution >= 0.6 is 11.6 Å². The van der Waals surface area contributed by atoms with Crippen molar-refractivity contribution in [1.29, 1.82) is 0 Å². The number of carbonyl (C=O) groups is 2. The Kier molecular flexibility index (Phi) is 2.56. The molecule has 2 aromatic rings. The number of hydrogen-bond acceptors (Lipinski definition) is 2. The highest BCUT2D eigenvalue weighted by molar-refractivity contribution is 6.37. The Morgan fingerprint density at radius 2 is 1.67 bits per heavy atom. The van der Waals surface area contributed by atoms with Gasteiger partial charge in [0.1, 0.15) is 5.38 Å². The van der Waals surface area contributed by atoms with Crippen LogP contribution in [-0.4, -0.2) is 17.2 Å². The number of alkyl halides is 1. The van der Waals surface area contributed by atoms with Gasteiger partial charge in [0.25, 0.3) is 0 Å². The molecular weight excluding hydrogens is 250 g/mol. The number of halogens is 1. The lowest BCUT2D eigenvalue weighted by Crippen LogP contribution is -2.22. The van der Waals surface area contributed by atoms with Crippen LogP contribution in [0.25, 0.3) is 10.8 Å². The first-order valence-corrected chi connectivity index (χ1v) is 6.08. The molecule has 0 aliphatic carbocycles. The number of hydrogen-bond donors (Lipinski definition) is 1. The molecule has 1 saturated heterocycles. The minimum absolute atomic E-state index is 0.324. The SMILES string of the molecule is O=C1NC(=O)C(c2ccc3ccccc3c2)C1Cl. The smallest absolute Gasteiger partial charge is 0.245 e. The molecule has 0 radical (unpaired) electrons. The highest BCUT2D eigenvalue weighted by atomic mass is 35.5. The van der Waals surface area contributed by atoms with Gasteiger partial charge < -0.3 is 0 Å². The summed E-state index contributed by atoms with van der Waals surface area (Å²) in [6.07, 6.45) is 0. The molecule has 90 valence electrons. The molecule has 0 bridgehead atoms. The number of nitrogens with one attached hydrogen (secondary N) is 1. The average molecular weight is 260 g/mol. The summed E-state index contributed by atoms with van der Waals surface area (Å²) in [5.74, 6) is -1.33. The zero-order valence-electron chi connectivity index (χ0n) is 9.39. The van der Waals surface area contributed by atoms with Crippen LogP contribution in [0.4, 0.5) is 0 Å². The molecule has 0 spiro atoms. The van der Waals surface area contributed by atoms with E-state index in [1.165, 1.54) is 0 Å². The van der Waals surface area contributed by atoms with Gasteiger partial charge in [0.2, 0.25) is 11.8 Å². The van der Waals surface area contributed by atoms with E-state index < -0.39 is 17.2 Å². The van der Waals surface area contributed by atoms with Gasteiger partial charge in [0.05, 0.1) is 5.92 Å². The molecule has 4 heteroatoms. The number of benzene rings is 2. The molecule has 1 aliphatic heterocycles. The highest BCUT2D eigenvalue weighted by Gasteiger charge is 2.41. The van der Waals surface area contributed by atoms with Crippen LogP contribution in [0.3, 0.4) is 0 Å². The first kappa shape index (κ1) is 11.2. The third-order valence-electron chi connectivity index (χ3n) is 3.20. The Balaban J connectivity index is 2.09. The van der Waals surface area contributed by atoms with Crippen molar-refractivity contribution in [2.45, 2.75) is 11.3 Å². The first-order chi connectivity index (χ1) is 8.66. The minimum atomic E-state index is -0.821. The first-order valence-electron chi connectivity index (χ1n) is 5.64. The van der Waals surface area contributed by atoms with Crippen LogP contribution in [-0.2, 0) is 9.59 Å². The number of carbonyl (C=O) groups excluding carboxylic acids is 2. The normalized spacial score (nSPS) is 23.4.